The molecule has 1 unspecified atom stereocenters. The van der Waals surface area contributed by atoms with Crippen LogP contribution in [0.15, 0.2) is 47.2 Å². The van der Waals surface area contributed by atoms with Crippen molar-refractivity contribution in [2.45, 2.75) is 50.4 Å². The Morgan fingerprint density at radius 1 is 1.17 bits per heavy atom. The number of carbonyl (C=O) groups excluding carboxylic acids is 1. The molecule has 126 valence electrons. The van der Waals surface area contributed by atoms with E-state index < -0.39 is 0 Å². The molecule has 2 bridgehead atoms. The first-order valence-corrected chi connectivity index (χ1v) is 9.75. The van der Waals surface area contributed by atoms with Crippen LogP contribution in [0, 0.1) is 0 Å². The molecular weight excluding hydrogens is 316 g/mol. The van der Waals surface area contributed by atoms with Crippen molar-refractivity contribution in [3.63, 3.8) is 0 Å². The number of nitrogens with zero attached hydrogens (tertiary/aromatic N) is 2. The van der Waals surface area contributed by atoms with Crippen LogP contribution in [0.25, 0.3) is 0 Å². The number of piperidine rings is 1. The zero-order valence-electron chi connectivity index (χ0n) is 14.1. The minimum Gasteiger partial charge on any atom is -0.339 e. The molecule has 2 fully saturated rings. The van der Waals surface area contributed by atoms with Crippen molar-refractivity contribution in [2.24, 2.45) is 0 Å². The lowest BCUT2D eigenvalue weighted by atomic mass is 9.95. The van der Waals surface area contributed by atoms with Crippen LogP contribution < -0.4 is 0 Å². The zero-order chi connectivity index (χ0) is 16.5. The van der Waals surface area contributed by atoms with Gasteiger partial charge in [0.1, 0.15) is 0 Å². The minimum atomic E-state index is 0.178. The van der Waals surface area contributed by atoms with E-state index in [4.69, 9.17) is 0 Å². The molecule has 2 aromatic rings. The fourth-order valence-corrected chi connectivity index (χ4v) is 5.00. The fraction of sp³-hybridized carbons (Fsp3) is 0.450. The normalized spacial score (nSPS) is 26.5. The molecule has 0 saturated carbocycles. The Morgan fingerprint density at radius 2 is 1.88 bits per heavy atom. The van der Waals surface area contributed by atoms with Crippen LogP contribution in [0.5, 0.6) is 0 Å². The van der Waals surface area contributed by atoms with Crippen molar-refractivity contribution in [1.29, 1.82) is 0 Å². The van der Waals surface area contributed by atoms with Gasteiger partial charge in [-0.2, -0.15) is 11.3 Å². The van der Waals surface area contributed by atoms with Gasteiger partial charge in [0.15, 0.2) is 0 Å². The molecule has 3 heterocycles. The molecule has 4 rings (SSSR count). The lowest BCUT2D eigenvalue weighted by molar-refractivity contribution is 0.0478. The summed E-state index contributed by atoms with van der Waals surface area (Å²) < 4.78 is 0. The first-order chi connectivity index (χ1) is 11.7. The first-order valence-electron chi connectivity index (χ1n) is 8.81. The molecule has 1 aromatic carbocycles. The van der Waals surface area contributed by atoms with Gasteiger partial charge in [0.05, 0.1) is 5.56 Å². The Labute approximate surface area is 147 Å². The Hall–Kier alpha value is -1.65. The van der Waals surface area contributed by atoms with Crippen LogP contribution in [0.2, 0.25) is 0 Å². The van der Waals surface area contributed by atoms with Crippen LogP contribution in [0.4, 0.5) is 0 Å². The molecule has 3 nitrogen and oxygen atoms in total. The van der Waals surface area contributed by atoms with Crippen LogP contribution in [0.1, 0.15) is 41.6 Å². The standard InChI is InChI=1S/C20H24N2OS/c1-21(20(23)16-9-10-24-14-16)19-11-17-7-8-18(12-19)22(17)13-15-5-3-2-4-6-15/h2-6,9-10,14,17-19H,7-8,11-13H2,1H3/t17-,18+,19?. The number of hydrogen-bond acceptors (Lipinski definition) is 3. The summed E-state index contributed by atoms with van der Waals surface area (Å²) in [6.45, 7) is 1.05. The highest BCUT2D eigenvalue weighted by molar-refractivity contribution is 7.08. The predicted molar refractivity (Wildman–Crippen MR) is 98.2 cm³/mol. The fourth-order valence-electron chi connectivity index (χ4n) is 4.37. The number of benzene rings is 1. The van der Waals surface area contributed by atoms with Gasteiger partial charge in [-0.3, -0.25) is 9.69 Å². The summed E-state index contributed by atoms with van der Waals surface area (Å²) in [7, 11) is 1.98. The first kappa shape index (κ1) is 15.9. The number of rotatable bonds is 4. The molecule has 1 aromatic heterocycles. The summed E-state index contributed by atoms with van der Waals surface area (Å²) >= 11 is 1.59. The zero-order valence-corrected chi connectivity index (χ0v) is 14.9. The Kier molecular flexibility index (Phi) is 4.42. The van der Waals surface area contributed by atoms with Gasteiger partial charge in [0, 0.05) is 37.1 Å². The largest absolute Gasteiger partial charge is 0.339 e. The van der Waals surface area contributed by atoms with Crippen LogP contribution in [-0.4, -0.2) is 40.9 Å². The SMILES string of the molecule is CN(C(=O)c1ccsc1)C1C[C@H]2CC[C@@H](C1)N2Cc1ccccc1. The van der Waals surface area contributed by atoms with Gasteiger partial charge >= 0.3 is 0 Å². The van der Waals surface area contributed by atoms with Crippen molar-refractivity contribution in [3.8, 4) is 0 Å². The Balaban J connectivity index is 1.43. The maximum absolute atomic E-state index is 12.6. The van der Waals surface area contributed by atoms with E-state index in [-0.39, 0.29) is 5.91 Å². The topological polar surface area (TPSA) is 23.6 Å². The van der Waals surface area contributed by atoms with Gasteiger partial charge in [-0.1, -0.05) is 30.3 Å². The smallest absolute Gasteiger partial charge is 0.254 e. The van der Waals surface area contributed by atoms with Gasteiger partial charge in [-0.05, 0) is 42.7 Å². The van der Waals surface area contributed by atoms with Gasteiger partial charge in [-0.15, -0.1) is 0 Å². The van der Waals surface area contributed by atoms with Crippen molar-refractivity contribution in [3.05, 3.63) is 58.3 Å². The van der Waals surface area contributed by atoms with E-state index in [1.807, 2.05) is 28.8 Å². The predicted octanol–water partition coefficient (Wildman–Crippen LogP) is 4.02. The van der Waals surface area contributed by atoms with E-state index in [0.717, 1.165) is 24.9 Å². The summed E-state index contributed by atoms with van der Waals surface area (Å²) in [4.78, 5) is 17.3. The Bertz CT molecular complexity index is 671. The highest BCUT2D eigenvalue weighted by atomic mass is 32.1. The number of hydrogen-bond donors (Lipinski definition) is 0. The van der Waals surface area contributed by atoms with E-state index in [9.17, 15) is 4.79 Å². The molecule has 4 heteroatoms. The molecule has 0 N–H and O–H groups in total. The second-order valence-electron chi connectivity index (χ2n) is 7.10. The summed E-state index contributed by atoms with van der Waals surface area (Å²) in [5, 5.41) is 3.94. The minimum absolute atomic E-state index is 0.178. The second kappa shape index (κ2) is 6.69. The Morgan fingerprint density at radius 3 is 2.50 bits per heavy atom. The third kappa shape index (κ3) is 3.01. The molecule has 3 atom stereocenters. The molecular formula is C20H24N2OS. The summed E-state index contributed by atoms with van der Waals surface area (Å²) in [6, 6.07) is 14.3. The maximum atomic E-state index is 12.6. The van der Waals surface area contributed by atoms with Crippen LogP contribution >= 0.6 is 11.3 Å². The summed E-state index contributed by atoms with van der Waals surface area (Å²) in [6.07, 6.45) is 4.76. The lowest BCUT2D eigenvalue weighted by Crippen LogP contribution is -2.50. The van der Waals surface area contributed by atoms with Crippen molar-refractivity contribution in [2.75, 3.05) is 7.05 Å². The summed E-state index contributed by atoms with van der Waals surface area (Å²) in [5.74, 6) is 0.178. The van der Waals surface area contributed by atoms with E-state index in [1.165, 1.54) is 18.4 Å². The van der Waals surface area contributed by atoms with Crippen LogP contribution in [0.3, 0.4) is 0 Å². The van der Waals surface area contributed by atoms with Gasteiger partial charge in [-0.25, -0.2) is 0 Å². The quantitative estimate of drug-likeness (QED) is 0.839. The van der Waals surface area contributed by atoms with E-state index >= 15 is 0 Å². The number of amides is 1. The van der Waals surface area contributed by atoms with E-state index in [1.54, 1.807) is 11.3 Å². The molecule has 2 aliphatic heterocycles. The third-order valence-corrected chi connectivity index (χ3v) is 6.39. The molecule has 24 heavy (non-hydrogen) atoms. The molecule has 1 amide bonds. The lowest BCUT2D eigenvalue weighted by Gasteiger charge is -2.42. The molecule has 2 saturated heterocycles. The average Bonchev–Trinajstić information content (AvgIpc) is 3.21. The van der Waals surface area contributed by atoms with E-state index in [2.05, 4.69) is 35.2 Å². The third-order valence-electron chi connectivity index (χ3n) is 5.70. The molecule has 0 aliphatic carbocycles. The molecule has 2 aliphatic rings. The second-order valence-corrected chi connectivity index (χ2v) is 7.88. The molecule has 0 spiro atoms. The van der Waals surface area contributed by atoms with Crippen molar-refractivity contribution >= 4 is 17.2 Å². The van der Waals surface area contributed by atoms with Crippen molar-refractivity contribution < 1.29 is 4.79 Å². The van der Waals surface area contributed by atoms with Gasteiger partial charge in [0.2, 0.25) is 0 Å². The maximum Gasteiger partial charge on any atom is 0.254 e. The average molecular weight is 340 g/mol. The number of fused-ring (bicyclic) bond motifs is 2. The number of thiophene rings is 1. The molecule has 0 radical (unpaired) electrons. The van der Waals surface area contributed by atoms with Crippen molar-refractivity contribution in [1.82, 2.24) is 9.80 Å². The number of carbonyl (C=O) groups is 1. The highest BCUT2D eigenvalue weighted by Gasteiger charge is 2.42. The highest BCUT2D eigenvalue weighted by Crippen LogP contribution is 2.38. The van der Waals surface area contributed by atoms with Gasteiger partial charge < -0.3 is 4.90 Å². The van der Waals surface area contributed by atoms with Crippen LogP contribution in [-0.2, 0) is 6.54 Å². The monoisotopic (exact) mass is 340 g/mol. The van der Waals surface area contributed by atoms with Gasteiger partial charge in [0.25, 0.3) is 5.91 Å². The van der Waals surface area contributed by atoms with E-state index in [0.29, 0.717) is 18.1 Å². The summed E-state index contributed by atoms with van der Waals surface area (Å²) in [5.41, 5.74) is 2.23.